The van der Waals surface area contributed by atoms with Crippen LogP contribution in [-0.4, -0.2) is 10.9 Å². The Labute approximate surface area is 106 Å². The molecule has 4 nitrogen and oxygen atoms in total. The van der Waals surface area contributed by atoms with E-state index in [1.807, 2.05) is 24.3 Å². The lowest BCUT2D eigenvalue weighted by Gasteiger charge is -2.17. The molecule has 0 atom stereocenters. The molecular weight excluding hydrogens is 226 g/mol. The van der Waals surface area contributed by atoms with Crippen molar-refractivity contribution >= 4 is 22.9 Å². The van der Waals surface area contributed by atoms with Gasteiger partial charge in [0.15, 0.2) is 0 Å². The summed E-state index contributed by atoms with van der Waals surface area (Å²) in [7, 11) is 0. The number of H-pyrrole nitrogens is 2. The number of amides is 1. The van der Waals surface area contributed by atoms with Crippen molar-refractivity contribution in [3.8, 4) is 0 Å². The maximum absolute atomic E-state index is 12.1. The number of rotatable bonds is 2. The number of fused-ring (bicyclic) bond motifs is 1. The first-order chi connectivity index (χ1) is 8.83. The molecule has 0 aliphatic heterocycles. The van der Waals surface area contributed by atoms with Gasteiger partial charge in [0.25, 0.3) is 5.91 Å². The lowest BCUT2D eigenvalue weighted by molar-refractivity contribution is -0.326. The zero-order chi connectivity index (χ0) is 12.4. The van der Waals surface area contributed by atoms with E-state index in [2.05, 4.69) is 15.3 Å². The second-order valence-electron chi connectivity index (χ2n) is 4.99. The van der Waals surface area contributed by atoms with Crippen molar-refractivity contribution in [2.45, 2.75) is 32.1 Å². The van der Waals surface area contributed by atoms with Gasteiger partial charge < -0.3 is 0 Å². The van der Waals surface area contributed by atoms with Crippen LogP contribution in [0.4, 0.5) is 5.95 Å². The van der Waals surface area contributed by atoms with Crippen molar-refractivity contribution in [3.05, 3.63) is 24.3 Å². The van der Waals surface area contributed by atoms with Crippen LogP contribution in [-0.2, 0) is 4.79 Å². The van der Waals surface area contributed by atoms with Gasteiger partial charge in [-0.05, 0) is 25.0 Å². The Balaban J connectivity index is 1.73. The normalized spacial score (nSPS) is 16.9. The number of imidazole rings is 1. The Kier molecular flexibility index (Phi) is 3.00. The molecular formula is C14H18N3O+. The molecule has 0 unspecified atom stereocenters. The summed E-state index contributed by atoms with van der Waals surface area (Å²) in [6.07, 6.45) is 5.66. The first-order valence-electron chi connectivity index (χ1n) is 6.64. The van der Waals surface area contributed by atoms with E-state index in [1.54, 1.807) is 0 Å². The number of para-hydroxylation sites is 2. The predicted octanol–water partition coefficient (Wildman–Crippen LogP) is 2.50. The summed E-state index contributed by atoms with van der Waals surface area (Å²) in [6.45, 7) is 0. The van der Waals surface area contributed by atoms with Crippen LogP contribution in [0.25, 0.3) is 11.0 Å². The number of hydrogen-bond donors (Lipinski definition) is 2. The summed E-state index contributed by atoms with van der Waals surface area (Å²) >= 11 is 0. The fourth-order valence-corrected chi connectivity index (χ4v) is 2.65. The standard InChI is InChI=1S/C14H17N3O/c18-13(10-6-2-1-3-7-10)17-14-15-11-8-4-5-9-12(11)16-14/h4-5,8-10H,1-3,6-7H2,(H2,15,16,17,18)/p+1. The van der Waals surface area contributed by atoms with E-state index < -0.39 is 0 Å². The van der Waals surface area contributed by atoms with Gasteiger partial charge in [0, 0.05) is 0 Å². The first-order valence-corrected chi connectivity index (χ1v) is 6.64. The summed E-state index contributed by atoms with van der Waals surface area (Å²) in [5.74, 6) is 1.00. The van der Waals surface area contributed by atoms with Gasteiger partial charge >= 0.3 is 5.95 Å². The summed E-state index contributed by atoms with van der Waals surface area (Å²) in [6, 6.07) is 7.92. The Morgan fingerprint density at radius 1 is 1.22 bits per heavy atom. The number of anilines is 1. The lowest BCUT2D eigenvalue weighted by Crippen LogP contribution is -2.27. The van der Waals surface area contributed by atoms with E-state index in [4.69, 9.17) is 0 Å². The molecule has 3 rings (SSSR count). The molecule has 3 N–H and O–H groups in total. The highest BCUT2D eigenvalue weighted by molar-refractivity contribution is 5.91. The Morgan fingerprint density at radius 3 is 2.78 bits per heavy atom. The first kappa shape index (κ1) is 11.3. The van der Waals surface area contributed by atoms with Crippen LogP contribution in [0, 0.1) is 5.92 Å². The fraction of sp³-hybridized carbons (Fsp3) is 0.429. The molecule has 0 radical (unpaired) electrons. The number of nitrogens with one attached hydrogen (secondary N) is 3. The maximum atomic E-state index is 12.1. The molecule has 1 aliphatic rings. The summed E-state index contributed by atoms with van der Waals surface area (Å²) in [5, 5.41) is 2.95. The van der Waals surface area contributed by atoms with Gasteiger partial charge in [-0.25, -0.2) is 15.3 Å². The third-order valence-corrected chi connectivity index (χ3v) is 3.67. The summed E-state index contributed by atoms with van der Waals surface area (Å²) < 4.78 is 0. The number of carbonyl (C=O) groups is 1. The Hall–Kier alpha value is -1.84. The van der Waals surface area contributed by atoms with E-state index in [0.29, 0.717) is 5.95 Å². The average molecular weight is 244 g/mol. The SMILES string of the molecule is O=C(Nc1[nH]c2ccccc2[nH+]1)C1CCCCC1. The summed E-state index contributed by atoms with van der Waals surface area (Å²) in [4.78, 5) is 18.4. The van der Waals surface area contributed by atoms with Gasteiger partial charge in [-0.15, -0.1) is 0 Å². The number of benzene rings is 1. The molecule has 18 heavy (non-hydrogen) atoms. The zero-order valence-corrected chi connectivity index (χ0v) is 10.3. The Bertz CT molecular complexity index is 522. The van der Waals surface area contributed by atoms with Crippen molar-refractivity contribution in [2.24, 2.45) is 5.92 Å². The Morgan fingerprint density at radius 2 is 2.00 bits per heavy atom. The molecule has 1 aromatic heterocycles. The van der Waals surface area contributed by atoms with E-state index >= 15 is 0 Å². The molecule has 0 spiro atoms. The molecule has 0 saturated heterocycles. The molecule has 94 valence electrons. The average Bonchev–Trinajstić information content (AvgIpc) is 2.82. The number of aromatic nitrogens is 2. The van der Waals surface area contributed by atoms with Gasteiger partial charge in [0.05, 0.1) is 5.92 Å². The minimum absolute atomic E-state index is 0.137. The van der Waals surface area contributed by atoms with Gasteiger partial charge in [-0.2, -0.15) is 0 Å². The summed E-state index contributed by atoms with van der Waals surface area (Å²) in [5.41, 5.74) is 2.02. The minimum atomic E-state index is 0.137. The number of aromatic amines is 2. The van der Waals surface area contributed by atoms with Crippen molar-refractivity contribution < 1.29 is 9.78 Å². The maximum Gasteiger partial charge on any atom is 0.360 e. The third kappa shape index (κ3) is 2.23. The highest BCUT2D eigenvalue weighted by Gasteiger charge is 2.24. The van der Waals surface area contributed by atoms with Crippen LogP contribution < -0.4 is 10.3 Å². The predicted molar refractivity (Wildman–Crippen MR) is 70.1 cm³/mol. The number of carbonyl (C=O) groups excluding carboxylic acids is 1. The highest BCUT2D eigenvalue weighted by Crippen LogP contribution is 2.24. The molecule has 1 fully saturated rings. The zero-order valence-electron chi connectivity index (χ0n) is 10.3. The van der Waals surface area contributed by atoms with Crippen LogP contribution >= 0.6 is 0 Å². The van der Waals surface area contributed by atoms with Crippen molar-refractivity contribution in [2.75, 3.05) is 5.32 Å². The molecule has 4 heteroatoms. The number of hydrogen-bond acceptors (Lipinski definition) is 1. The molecule has 1 aromatic carbocycles. The second-order valence-corrected chi connectivity index (χ2v) is 4.99. The highest BCUT2D eigenvalue weighted by atomic mass is 16.2. The topological polar surface area (TPSA) is 59.0 Å². The largest absolute Gasteiger partial charge is 0.360 e. The second kappa shape index (κ2) is 4.80. The van der Waals surface area contributed by atoms with Crippen LogP contribution in [0.5, 0.6) is 0 Å². The lowest BCUT2D eigenvalue weighted by atomic mass is 9.89. The van der Waals surface area contributed by atoms with Gasteiger partial charge in [0.2, 0.25) is 0 Å². The molecule has 1 heterocycles. The fourth-order valence-electron chi connectivity index (χ4n) is 2.65. The molecule has 1 amide bonds. The van der Waals surface area contributed by atoms with Crippen molar-refractivity contribution in [1.82, 2.24) is 4.98 Å². The van der Waals surface area contributed by atoms with Crippen LogP contribution in [0.3, 0.4) is 0 Å². The molecule has 1 saturated carbocycles. The van der Waals surface area contributed by atoms with E-state index in [-0.39, 0.29) is 11.8 Å². The van der Waals surface area contributed by atoms with Gasteiger partial charge in [-0.1, -0.05) is 31.4 Å². The van der Waals surface area contributed by atoms with Crippen LogP contribution in [0.15, 0.2) is 24.3 Å². The van der Waals surface area contributed by atoms with Crippen molar-refractivity contribution in [1.29, 1.82) is 0 Å². The van der Waals surface area contributed by atoms with E-state index in [0.717, 1.165) is 23.9 Å². The van der Waals surface area contributed by atoms with Gasteiger partial charge in [-0.3, -0.25) is 4.79 Å². The molecule has 0 bridgehead atoms. The van der Waals surface area contributed by atoms with E-state index in [9.17, 15) is 4.79 Å². The molecule has 1 aliphatic carbocycles. The minimum Gasteiger partial charge on any atom is -0.256 e. The van der Waals surface area contributed by atoms with Crippen molar-refractivity contribution in [3.63, 3.8) is 0 Å². The smallest absolute Gasteiger partial charge is 0.256 e. The van der Waals surface area contributed by atoms with Gasteiger partial charge in [0.1, 0.15) is 11.0 Å². The monoisotopic (exact) mass is 244 g/mol. The van der Waals surface area contributed by atoms with Crippen LogP contribution in [0.1, 0.15) is 32.1 Å². The quantitative estimate of drug-likeness (QED) is 0.837. The van der Waals surface area contributed by atoms with E-state index in [1.165, 1.54) is 19.3 Å². The molecule has 2 aromatic rings. The third-order valence-electron chi connectivity index (χ3n) is 3.67. The van der Waals surface area contributed by atoms with Crippen LogP contribution in [0.2, 0.25) is 0 Å².